The second-order valence-corrected chi connectivity index (χ2v) is 4.55. The number of aromatic carboxylic acids is 1. The highest BCUT2D eigenvalue weighted by atomic mass is 35.5. The van der Waals surface area contributed by atoms with Gasteiger partial charge in [0.25, 0.3) is 0 Å². The summed E-state index contributed by atoms with van der Waals surface area (Å²) in [4.78, 5) is 11.0. The zero-order valence-corrected chi connectivity index (χ0v) is 11.1. The van der Waals surface area contributed by atoms with Crippen molar-refractivity contribution in [3.05, 3.63) is 58.6 Å². The third kappa shape index (κ3) is 3.13. The Kier molecular flexibility index (Phi) is 4.20. The van der Waals surface area contributed by atoms with Crippen molar-refractivity contribution in [2.45, 2.75) is 6.61 Å². The highest BCUT2D eigenvalue weighted by Crippen LogP contribution is 2.26. The molecule has 0 spiro atoms. The van der Waals surface area contributed by atoms with Gasteiger partial charge in [0, 0.05) is 12.1 Å². The van der Waals surface area contributed by atoms with Gasteiger partial charge in [0.15, 0.2) is 0 Å². The van der Waals surface area contributed by atoms with Gasteiger partial charge in [-0.05, 0) is 41.0 Å². The van der Waals surface area contributed by atoms with Gasteiger partial charge < -0.3 is 9.84 Å². The number of halogens is 1. The molecule has 0 aliphatic heterocycles. The standard InChI is InChI=1S/C15H13ClO3/c1-19-9-12-8-11(15(17)18)4-7-14(12)10-2-5-13(16)6-3-10/h2-8H,9H2,1H3,(H,17,18). The summed E-state index contributed by atoms with van der Waals surface area (Å²) in [5.74, 6) is -0.944. The van der Waals surface area contributed by atoms with E-state index in [1.165, 1.54) is 0 Å². The van der Waals surface area contributed by atoms with E-state index in [4.69, 9.17) is 21.4 Å². The van der Waals surface area contributed by atoms with Crippen LogP contribution in [0.15, 0.2) is 42.5 Å². The molecular weight excluding hydrogens is 264 g/mol. The Morgan fingerprint density at radius 3 is 2.47 bits per heavy atom. The van der Waals surface area contributed by atoms with E-state index >= 15 is 0 Å². The van der Waals surface area contributed by atoms with Crippen LogP contribution in [0.3, 0.4) is 0 Å². The summed E-state index contributed by atoms with van der Waals surface area (Å²) in [6.45, 7) is 0.360. The fourth-order valence-electron chi connectivity index (χ4n) is 1.91. The molecule has 2 aromatic rings. The first-order chi connectivity index (χ1) is 9.11. The molecule has 0 aromatic heterocycles. The van der Waals surface area contributed by atoms with Crippen molar-refractivity contribution in [1.82, 2.24) is 0 Å². The van der Waals surface area contributed by atoms with Crippen LogP contribution >= 0.6 is 11.6 Å². The molecule has 0 heterocycles. The molecule has 98 valence electrons. The Morgan fingerprint density at radius 1 is 1.21 bits per heavy atom. The fraction of sp³-hybridized carbons (Fsp3) is 0.133. The third-order valence-corrected chi connectivity index (χ3v) is 3.06. The Bertz CT molecular complexity index is 591. The molecule has 4 heteroatoms. The highest BCUT2D eigenvalue weighted by molar-refractivity contribution is 6.30. The van der Waals surface area contributed by atoms with Crippen LogP contribution in [-0.4, -0.2) is 18.2 Å². The fourth-order valence-corrected chi connectivity index (χ4v) is 2.04. The molecule has 0 atom stereocenters. The molecule has 0 aliphatic rings. The average molecular weight is 277 g/mol. The Hall–Kier alpha value is -1.84. The zero-order valence-electron chi connectivity index (χ0n) is 10.4. The monoisotopic (exact) mass is 276 g/mol. The molecule has 19 heavy (non-hydrogen) atoms. The van der Waals surface area contributed by atoms with Gasteiger partial charge >= 0.3 is 5.97 Å². The molecule has 0 radical (unpaired) electrons. The van der Waals surface area contributed by atoms with Gasteiger partial charge in [-0.3, -0.25) is 0 Å². The van der Waals surface area contributed by atoms with Crippen molar-refractivity contribution in [1.29, 1.82) is 0 Å². The van der Waals surface area contributed by atoms with E-state index in [0.717, 1.165) is 16.7 Å². The summed E-state index contributed by atoms with van der Waals surface area (Å²) in [6, 6.07) is 12.4. The van der Waals surface area contributed by atoms with Crippen molar-refractivity contribution in [2.24, 2.45) is 0 Å². The number of carboxylic acid groups (broad SMARTS) is 1. The van der Waals surface area contributed by atoms with E-state index in [1.54, 1.807) is 37.4 Å². The molecule has 0 amide bonds. The maximum atomic E-state index is 11.0. The number of benzene rings is 2. The third-order valence-electron chi connectivity index (χ3n) is 2.81. The quantitative estimate of drug-likeness (QED) is 0.922. The number of rotatable bonds is 4. The van der Waals surface area contributed by atoms with E-state index in [2.05, 4.69) is 0 Å². The normalized spacial score (nSPS) is 10.4. The first kappa shape index (κ1) is 13.6. The molecule has 1 N–H and O–H groups in total. The van der Waals surface area contributed by atoms with Crippen molar-refractivity contribution in [3.8, 4) is 11.1 Å². The topological polar surface area (TPSA) is 46.5 Å². The molecule has 3 nitrogen and oxygen atoms in total. The minimum atomic E-state index is -0.944. The lowest BCUT2D eigenvalue weighted by Crippen LogP contribution is -2.00. The lowest BCUT2D eigenvalue weighted by Gasteiger charge is -2.10. The summed E-state index contributed by atoms with van der Waals surface area (Å²) < 4.78 is 5.13. The van der Waals surface area contributed by atoms with Gasteiger partial charge in [0.2, 0.25) is 0 Å². The van der Waals surface area contributed by atoms with Crippen LogP contribution in [0.4, 0.5) is 0 Å². The molecular formula is C15H13ClO3. The minimum absolute atomic E-state index is 0.254. The van der Waals surface area contributed by atoms with E-state index < -0.39 is 5.97 Å². The summed E-state index contributed by atoms with van der Waals surface area (Å²) in [7, 11) is 1.58. The SMILES string of the molecule is COCc1cc(C(=O)O)ccc1-c1ccc(Cl)cc1. The first-order valence-corrected chi connectivity index (χ1v) is 6.10. The number of carboxylic acids is 1. The number of methoxy groups -OCH3 is 1. The van der Waals surface area contributed by atoms with Crippen molar-refractivity contribution >= 4 is 17.6 Å². The van der Waals surface area contributed by atoms with E-state index in [9.17, 15) is 4.79 Å². The van der Waals surface area contributed by atoms with Crippen LogP contribution in [0.1, 0.15) is 15.9 Å². The number of carbonyl (C=O) groups is 1. The van der Waals surface area contributed by atoms with Gasteiger partial charge in [0.05, 0.1) is 12.2 Å². The van der Waals surface area contributed by atoms with Crippen LogP contribution in [0.25, 0.3) is 11.1 Å². The van der Waals surface area contributed by atoms with Crippen molar-refractivity contribution < 1.29 is 14.6 Å². The van der Waals surface area contributed by atoms with Gasteiger partial charge in [-0.2, -0.15) is 0 Å². The average Bonchev–Trinajstić information content (AvgIpc) is 2.40. The van der Waals surface area contributed by atoms with E-state index in [0.29, 0.717) is 11.6 Å². The summed E-state index contributed by atoms with van der Waals surface area (Å²) in [5, 5.41) is 9.68. The summed E-state index contributed by atoms with van der Waals surface area (Å²) >= 11 is 5.86. The van der Waals surface area contributed by atoms with Gasteiger partial charge in [-0.25, -0.2) is 4.79 Å². The van der Waals surface area contributed by atoms with Gasteiger partial charge in [0.1, 0.15) is 0 Å². The lowest BCUT2D eigenvalue weighted by atomic mass is 9.98. The van der Waals surface area contributed by atoms with Gasteiger partial charge in [-0.1, -0.05) is 29.8 Å². The van der Waals surface area contributed by atoms with Gasteiger partial charge in [-0.15, -0.1) is 0 Å². The van der Waals surface area contributed by atoms with Crippen LogP contribution in [-0.2, 0) is 11.3 Å². The first-order valence-electron chi connectivity index (χ1n) is 5.73. The predicted octanol–water partition coefficient (Wildman–Crippen LogP) is 3.85. The number of hydrogen-bond acceptors (Lipinski definition) is 2. The molecule has 0 bridgehead atoms. The van der Waals surface area contributed by atoms with E-state index in [1.807, 2.05) is 12.1 Å². The van der Waals surface area contributed by atoms with Crippen LogP contribution in [0, 0.1) is 0 Å². The second kappa shape index (κ2) is 5.87. The maximum absolute atomic E-state index is 11.0. The molecule has 0 saturated carbocycles. The zero-order chi connectivity index (χ0) is 13.8. The highest BCUT2D eigenvalue weighted by Gasteiger charge is 2.10. The minimum Gasteiger partial charge on any atom is -0.478 e. The summed E-state index contributed by atoms with van der Waals surface area (Å²) in [5.41, 5.74) is 3.02. The lowest BCUT2D eigenvalue weighted by molar-refractivity contribution is 0.0696. The van der Waals surface area contributed by atoms with Crippen LogP contribution in [0.5, 0.6) is 0 Å². The molecule has 2 rings (SSSR count). The second-order valence-electron chi connectivity index (χ2n) is 4.12. The smallest absolute Gasteiger partial charge is 0.335 e. The molecule has 0 fully saturated rings. The maximum Gasteiger partial charge on any atom is 0.335 e. The van der Waals surface area contributed by atoms with E-state index in [-0.39, 0.29) is 5.56 Å². The number of hydrogen-bond donors (Lipinski definition) is 1. The largest absolute Gasteiger partial charge is 0.478 e. The molecule has 0 saturated heterocycles. The molecule has 0 unspecified atom stereocenters. The van der Waals surface area contributed by atoms with Crippen molar-refractivity contribution in [2.75, 3.05) is 7.11 Å². The molecule has 2 aromatic carbocycles. The Labute approximate surface area is 116 Å². The van der Waals surface area contributed by atoms with Crippen LogP contribution < -0.4 is 0 Å². The van der Waals surface area contributed by atoms with Crippen molar-refractivity contribution in [3.63, 3.8) is 0 Å². The van der Waals surface area contributed by atoms with Crippen LogP contribution in [0.2, 0.25) is 5.02 Å². The summed E-state index contributed by atoms with van der Waals surface area (Å²) in [6.07, 6.45) is 0. The Balaban J connectivity index is 2.49. The Morgan fingerprint density at radius 2 is 1.89 bits per heavy atom. The number of ether oxygens (including phenoxy) is 1. The predicted molar refractivity (Wildman–Crippen MR) is 74.6 cm³/mol. The molecule has 0 aliphatic carbocycles.